The first-order valence-electron chi connectivity index (χ1n) is 7.50. The van der Waals surface area contributed by atoms with Gasteiger partial charge in [0.15, 0.2) is 6.61 Å². The molecule has 0 saturated carbocycles. The minimum atomic E-state index is -0.458. The normalized spacial score (nSPS) is 11.5. The Morgan fingerprint density at radius 2 is 1.92 bits per heavy atom. The first-order chi connectivity index (χ1) is 12.0. The molecule has 25 heavy (non-hydrogen) atoms. The molecule has 1 atom stereocenters. The molecule has 0 heterocycles. The number of hydrogen-bond acceptors (Lipinski definition) is 5. The number of carbonyl (C=O) groups excluding carboxylic acids is 2. The van der Waals surface area contributed by atoms with Gasteiger partial charge in [-0.2, -0.15) is 0 Å². The number of anilines is 1. The van der Waals surface area contributed by atoms with Crippen molar-refractivity contribution in [2.45, 2.75) is 17.1 Å². The van der Waals surface area contributed by atoms with Gasteiger partial charge in [-0.15, -0.1) is 11.8 Å². The van der Waals surface area contributed by atoms with Crippen molar-refractivity contribution in [1.29, 1.82) is 0 Å². The number of benzene rings is 2. The van der Waals surface area contributed by atoms with E-state index in [1.807, 2.05) is 12.1 Å². The molecule has 0 aliphatic rings. The van der Waals surface area contributed by atoms with Gasteiger partial charge in [-0.1, -0.05) is 17.7 Å². The van der Waals surface area contributed by atoms with Crippen LogP contribution in [0.15, 0.2) is 53.4 Å². The number of halogens is 1. The molecular formula is C18H18ClNO4S. The van der Waals surface area contributed by atoms with Crippen molar-refractivity contribution in [3.05, 3.63) is 53.6 Å². The van der Waals surface area contributed by atoms with Crippen LogP contribution in [0.1, 0.15) is 6.92 Å². The summed E-state index contributed by atoms with van der Waals surface area (Å²) in [5.74, 6) is -0.242. The summed E-state index contributed by atoms with van der Waals surface area (Å²) in [6.07, 6.45) is 0. The van der Waals surface area contributed by atoms with Crippen LogP contribution in [-0.2, 0) is 14.3 Å². The van der Waals surface area contributed by atoms with Crippen LogP contribution in [0.3, 0.4) is 0 Å². The number of esters is 1. The van der Waals surface area contributed by atoms with E-state index in [1.165, 1.54) is 11.8 Å². The lowest BCUT2D eigenvalue weighted by atomic mass is 10.3. The molecule has 2 aromatic rings. The highest BCUT2D eigenvalue weighted by Gasteiger charge is 2.17. The smallest absolute Gasteiger partial charge is 0.319 e. The number of thioether (sulfide) groups is 1. The zero-order chi connectivity index (χ0) is 18.2. The molecule has 132 valence electrons. The summed E-state index contributed by atoms with van der Waals surface area (Å²) in [6, 6.07) is 14.1. The molecule has 1 N–H and O–H groups in total. The van der Waals surface area contributed by atoms with E-state index >= 15 is 0 Å². The predicted octanol–water partition coefficient (Wildman–Crippen LogP) is 4.01. The summed E-state index contributed by atoms with van der Waals surface area (Å²) < 4.78 is 10.1. The van der Waals surface area contributed by atoms with Gasteiger partial charge in [-0.05, 0) is 43.3 Å². The summed E-state index contributed by atoms with van der Waals surface area (Å²) in [5.41, 5.74) is 0.573. The van der Waals surface area contributed by atoms with Gasteiger partial charge in [-0.3, -0.25) is 9.59 Å². The van der Waals surface area contributed by atoms with Crippen molar-refractivity contribution >= 4 is 40.9 Å². The lowest BCUT2D eigenvalue weighted by Crippen LogP contribution is -2.24. The van der Waals surface area contributed by atoms with E-state index in [0.717, 1.165) is 4.90 Å². The first kappa shape index (κ1) is 19.1. The highest BCUT2D eigenvalue weighted by Crippen LogP contribution is 2.25. The zero-order valence-corrected chi connectivity index (χ0v) is 15.4. The van der Waals surface area contributed by atoms with Crippen LogP contribution in [-0.4, -0.2) is 30.8 Å². The summed E-state index contributed by atoms with van der Waals surface area (Å²) in [4.78, 5) is 24.8. The molecule has 0 unspecified atom stereocenters. The highest BCUT2D eigenvalue weighted by atomic mass is 35.5. The number of hydrogen-bond donors (Lipinski definition) is 1. The molecule has 2 rings (SSSR count). The van der Waals surface area contributed by atoms with Gasteiger partial charge in [0.2, 0.25) is 0 Å². The monoisotopic (exact) mass is 379 g/mol. The van der Waals surface area contributed by atoms with Gasteiger partial charge in [0, 0.05) is 21.7 Å². The van der Waals surface area contributed by atoms with Gasteiger partial charge in [0.25, 0.3) is 5.91 Å². The maximum absolute atomic E-state index is 12.0. The van der Waals surface area contributed by atoms with E-state index < -0.39 is 17.1 Å². The van der Waals surface area contributed by atoms with E-state index in [0.29, 0.717) is 16.5 Å². The topological polar surface area (TPSA) is 64.6 Å². The summed E-state index contributed by atoms with van der Waals surface area (Å²) >= 11 is 7.17. The number of nitrogens with one attached hydrogen (secondary N) is 1. The second kappa shape index (κ2) is 9.34. The Bertz CT molecular complexity index is 736. The van der Waals surface area contributed by atoms with E-state index in [4.69, 9.17) is 21.1 Å². The van der Waals surface area contributed by atoms with Crippen LogP contribution in [0, 0.1) is 0 Å². The van der Waals surface area contributed by atoms with Crippen LogP contribution in [0.5, 0.6) is 5.75 Å². The Labute approximate surface area is 155 Å². The van der Waals surface area contributed by atoms with E-state index in [-0.39, 0.29) is 6.61 Å². The average Bonchev–Trinajstić information content (AvgIpc) is 2.61. The lowest BCUT2D eigenvalue weighted by molar-refractivity contribution is -0.146. The van der Waals surface area contributed by atoms with Crippen molar-refractivity contribution in [2.75, 3.05) is 19.0 Å². The van der Waals surface area contributed by atoms with Crippen molar-refractivity contribution in [3.8, 4) is 5.75 Å². The molecule has 0 aliphatic heterocycles. The second-order valence-electron chi connectivity index (χ2n) is 5.10. The fraction of sp³-hybridized carbons (Fsp3) is 0.222. The van der Waals surface area contributed by atoms with E-state index in [2.05, 4.69) is 5.32 Å². The Morgan fingerprint density at radius 1 is 1.20 bits per heavy atom. The van der Waals surface area contributed by atoms with Gasteiger partial charge < -0.3 is 14.8 Å². The Morgan fingerprint density at radius 3 is 2.60 bits per heavy atom. The molecule has 5 nitrogen and oxygen atoms in total. The standard InChI is InChI=1S/C18H18ClNO4S/c1-12(25-16-8-6-13(19)7-9-16)18(22)24-11-17(21)20-14-4-3-5-15(10-14)23-2/h3-10,12H,11H2,1-2H3,(H,20,21)/t12-/m0/s1. The second-order valence-corrected chi connectivity index (χ2v) is 6.95. The third-order valence-electron chi connectivity index (χ3n) is 3.16. The van der Waals surface area contributed by atoms with Crippen LogP contribution in [0.4, 0.5) is 5.69 Å². The minimum absolute atomic E-state index is 0.346. The van der Waals surface area contributed by atoms with Crippen LogP contribution in [0.25, 0.3) is 0 Å². The molecule has 0 aromatic heterocycles. The zero-order valence-electron chi connectivity index (χ0n) is 13.8. The quantitative estimate of drug-likeness (QED) is 0.581. The number of amides is 1. The predicted molar refractivity (Wildman–Crippen MR) is 99.4 cm³/mol. The van der Waals surface area contributed by atoms with E-state index in [1.54, 1.807) is 50.4 Å². The first-order valence-corrected chi connectivity index (χ1v) is 8.76. The van der Waals surface area contributed by atoms with Crippen molar-refractivity contribution in [1.82, 2.24) is 0 Å². The summed E-state index contributed by atoms with van der Waals surface area (Å²) in [6.45, 7) is 1.38. The van der Waals surface area contributed by atoms with Crippen molar-refractivity contribution < 1.29 is 19.1 Å². The molecule has 7 heteroatoms. The van der Waals surface area contributed by atoms with Gasteiger partial charge in [0.05, 0.1) is 7.11 Å². The number of carbonyl (C=O) groups is 2. The molecule has 0 radical (unpaired) electrons. The van der Waals surface area contributed by atoms with Crippen molar-refractivity contribution in [2.24, 2.45) is 0 Å². The van der Waals surface area contributed by atoms with E-state index in [9.17, 15) is 9.59 Å². The third kappa shape index (κ3) is 6.32. The maximum Gasteiger partial charge on any atom is 0.319 e. The maximum atomic E-state index is 12.0. The van der Waals surface area contributed by atoms with Gasteiger partial charge >= 0.3 is 5.97 Å². The third-order valence-corrected chi connectivity index (χ3v) is 4.50. The molecule has 0 aliphatic carbocycles. The molecule has 0 bridgehead atoms. The highest BCUT2D eigenvalue weighted by molar-refractivity contribution is 8.00. The minimum Gasteiger partial charge on any atom is -0.497 e. The van der Waals surface area contributed by atoms with Gasteiger partial charge in [0.1, 0.15) is 11.0 Å². The number of rotatable bonds is 7. The van der Waals surface area contributed by atoms with Crippen LogP contribution in [0.2, 0.25) is 5.02 Å². The molecule has 2 aromatic carbocycles. The van der Waals surface area contributed by atoms with Crippen LogP contribution >= 0.6 is 23.4 Å². The van der Waals surface area contributed by atoms with Gasteiger partial charge in [-0.25, -0.2) is 0 Å². The number of ether oxygens (including phenoxy) is 2. The lowest BCUT2D eigenvalue weighted by Gasteiger charge is -2.12. The molecule has 1 amide bonds. The Balaban J connectivity index is 1.79. The summed E-state index contributed by atoms with van der Waals surface area (Å²) in [5, 5.41) is 2.84. The number of methoxy groups -OCH3 is 1. The fourth-order valence-corrected chi connectivity index (χ4v) is 2.91. The fourth-order valence-electron chi connectivity index (χ4n) is 1.92. The van der Waals surface area contributed by atoms with Crippen LogP contribution < -0.4 is 10.1 Å². The Hall–Kier alpha value is -2.18. The average molecular weight is 380 g/mol. The molecule has 0 spiro atoms. The molecular weight excluding hydrogens is 362 g/mol. The molecule has 0 fully saturated rings. The summed E-state index contributed by atoms with van der Waals surface area (Å²) in [7, 11) is 1.54. The largest absolute Gasteiger partial charge is 0.497 e. The van der Waals surface area contributed by atoms with Crippen molar-refractivity contribution in [3.63, 3.8) is 0 Å². The SMILES string of the molecule is COc1cccc(NC(=O)COC(=O)[C@H](C)Sc2ccc(Cl)cc2)c1. The molecule has 0 saturated heterocycles. The Kier molecular flexibility index (Phi) is 7.16.